The second-order valence-electron chi connectivity index (χ2n) is 4.29. The van der Waals surface area contributed by atoms with Crippen molar-refractivity contribution in [3.05, 3.63) is 41.9 Å². The van der Waals surface area contributed by atoms with Crippen LogP contribution >= 0.6 is 0 Å². The lowest BCUT2D eigenvalue weighted by Crippen LogP contribution is -2.17. The van der Waals surface area contributed by atoms with Gasteiger partial charge in [-0.1, -0.05) is 12.1 Å². The number of benzene rings is 1. The van der Waals surface area contributed by atoms with E-state index in [2.05, 4.69) is 10.3 Å². The second kappa shape index (κ2) is 5.43. The van der Waals surface area contributed by atoms with E-state index in [9.17, 15) is 14.7 Å². The number of primary amides is 1. The van der Waals surface area contributed by atoms with Crippen molar-refractivity contribution in [3.63, 3.8) is 0 Å². The molecule has 2 amide bonds. The minimum atomic E-state index is -0.741. The molecular weight excluding hydrogens is 260 g/mol. The van der Waals surface area contributed by atoms with Crippen LogP contribution < -0.4 is 11.1 Å². The van der Waals surface area contributed by atoms with E-state index < -0.39 is 5.91 Å². The first-order valence-corrected chi connectivity index (χ1v) is 5.88. The SMILES string of the molecule is CC(=O)Nc1ccc(Cn2cnc(O)c2C(N)=O)cc1. The third kappa shape index (κ3) is 2.94. The van der Waals surface area contributed by atoms with Crippen LogP contribution in [0, 0.1) is 0 Å². The molecule has 0 aliphatic rings. The lowest BCUT2D eigenvalue weighted by Gasteiger charge is -2.07. The standard InChI is InChI=1S/C13H14N4O3/c1-8(18)16-10-4-2-9(3-5-10)6-17-7-15-13(20)11(17)12(14)19/h2-5,7,20H,6H2,1H3,(H2,14,19)(H,16,18). The Morgan fingerprint density at radius 1 is 1.35 bits per heavy atom. The van der Waals surface area contributed by atoms with Gasteiger partial charge in [0.05, 0.1) is 6.33 Å². The maximum atomic E-state index is 11.2. The topological polar surface area (TPSA) is 110 Å². The number of rotatable bonds is 4. The molecule has 2 aromatic rings. The molecule has 2 rings (SSSR count). The number of carbonyl (C=O) groups is 2. The third-order valence-electron chi connectivity index (χ3n) is 2.68. The highest BCUT2D eigenvalue weighted by Gasteiger charge is 2.15. The molecular formula is C13H14N4O3. The summed E-state index contributed by atoms with van der Waals surface area (Å²) in [4.78, 5) is 25.8. The van der Waals surface area contributed by atoms with Crippen LogP contribution in [0.25, 0.3) is 0 Å². The van der Waals surface area contributed by atoms with Gasteiger partial charge in [0.15, 0.2) is 5.69 Å². The number of nitrogens with two attached hydrogens (primary N) is 1. The number of amides is 2. The van der Waals surface area contributed by atoms with E-state index in [0.717, 1.165) is 5.56 Å². The fraction of sp³-hybridized carbons (Fsp3) is 0.154. The van der Waals surface area contributed by atoms with E-state index in [1.54, 1.807) is 24.3 Å². The fourth-order valence-electron chi connectivity index (χ4n) is 1.84. The van der Waals surface area contributed by atoms with Gasteiger partial charge in [-0.25, -0.2) is 4.98 Å². The van der Waals surface area contributed by atoms with Crippen molar-refractivity contribution in [2.45, 2.75) is 13.5 Å². The number of carbonyl (C=O) groups excluding carboxylic acids is 2. The average molecular weight is 274 g/mol. The summed E-state index contributed by atoms with van der Waals surface area (Å²) in [6.45, 7) is 1.77. The summed E-state index contributed by atoms with van der Waals surface area (Å²) in [7, 11) is 0. The average Bonchev–Trinajstić information content (AvgIpc) is 2.72. The van der Waals surface area contributed by atoms with Crippen molar-refractivity contribution >= 4 is 17.5 Å². The molecule has 0 aliphatic heterocycles. The molecule has 0 spiro atoms. The molecule has 7 nitrogen and oxygen atoms in total. The van der Waals surface area contributed by atoms with Crippen molar-refractivity contribution in [3.8, 4) is 5.88 Å². The van der Waals surface area contributed by atoms with Gasteiger partial charge in [-0.2, -0.15) is 0 Å². The maximum absolute atomic E-state index is 11.2. The summed E-state index contributed by atoms with van der Waals surface area (Å²) in [5.74, 6) is -1.27. The van der Waals surface area contributed by atoms with Crippen molar-refractivity contribution in [1.29, 1.82) is 0 Å². The monoisotopic (exact) mass is 274 g/mol. The van der Waals surface area contributed by atoms with E-state index in [1.165, 1.54) is 17.8 Å². The van der Waals surface area contributed by atoms with E-state index in [4.69, 9.17) is 5.73 Å². The maximum Gasteiger partial charge on any atom is 0.271 e. The Bertz CT molecular complexity index is 646. The molecule has 0 aliphatic carbocycles. The molecule has 0 fully saturated rings. The van der Waals surface area contributed by atoms with Crippen LogP contribution in [0.5, 0.6) is 5.88 Å². The van der Waals surface area contributed by atoms with Gasteiger partial charge in [0, 0.05) is 19.2 Å². The van der Waals surface area contributed by atoms with Gasteiger partial charge >= 0.3 is 0 Å². The van der Waals surface area contributed by atoms with Crippen LogP contribution in [-0.2, 0) is 11.3 Å². The lowest BCUT2D eigenvalue weighted by molar-refractivity contribution is -0.114. The summed E-state index contributed by atoms with van der Waals surface area (Å²) < 4.78 is 1.46. The zero-order valence-corrected chi connectivity index (χ0v) is 10.8. The fourth-order valence-corrected chi connectivity index (χ4v) is 1.84. The molecule has 0 saturated heterocycles. The highest BCUT2D eigenvalue weighted by molar-refractivity contribution is 5.93. The summed E-state index contributed by atoms with van der Waals surface area (Å²) in [6, 6.07) is 7.09. The summed E-state index contributed by atoms with van der Waals surface area (Å²) in [5.41, 5.74) is 6.71. The number of hydrogen-bond acceptors (Lipinski definition) is 4. The minimum absolute atomic E-state index is 0.0315. The third-order valence-corrected chi connectivity index (χ3v) is 2.68. The van der Waals surface area contributed by atoms with E-state index >= 15 is 0 Å². The predicted molar refractivity (Wildman–Crippen MR) is 72.3 cm³/mol. The number of aromatic nitrogens is 2. The summed E-state index contributed by atoms with van der Waals surface area (Å²) >= 11 is 0. The number of aromatic hydroxyl groups is 1. The van der Waals surface area contributed by atoms with Crippen LogP contribution in [0.15, 0.2) is 30.6 Å². The van der Waals surface area contributed by atoms with Crippen molar-refractivity contribution in [1.82, 2.24) is 9.55 Å². The van der Waals surface area contributed by atoms with Gasteiger partial charge in [0.1, 0.15) is 0 Å². The van der Waals surface area contributed by atoms with Crippen molar-refractivity contribution < 1.29 is 14.7 Å². The molecule has 0 saturated carbocycles. The number of imidazole rings is 1. The Hall–Kier alpha value is -2.83. The normalized spacial score (nSPS) is 10.2. The second-order valence-corrected chi connectivity index (χ2v) is 4.29. The Labute approximate surface area is 115 Å². The van der Waals surface area contributed by atoms with E-state index in [0.29, 0.717) is 12.2 Å². The van der Waals surface area contributed by atoms with Crippen LogP contribution in [0.3, 0.4) is 0 Å². The largest absolute Gasteiger partial charge is 0.492 e. The Morgan fingerprint density at radius 2 is 2.00 bits per heavy atom. The summed E-state index contributed by atoms with van der Waals surface area (Å²) in [6.07, 6.45) is 1.34. The molecule has 104 valence electrons. The first kappa shape index (κ1) is 13.6. The van der Waals surface area contributed by atoms with Crippen LogP contribution in [0.1, 0.15) is 23.0 Å². The lowest BCUT2D eigenvalue weighted by atomic mass is 10.2. The number of nitrogens with zero attached hydrogens (tertiary/aromatic N) is 2. The molecule has 0 atom stereocenters. The predicted octanol–water partition coefficient (Wildman–Crippen LogP) is 0.694. The quantitative estimate of drug-likeness (QED) is 0.761. The molecule has 20 heavy (non-hydrogen) atoms. The van der Waals surface area contributed by atoms with Gasteiger partial charge in [0.2, 0.25) is 11.8 Å². The minimum Gasteiger partial charge on any atom is -0.492 e. The molecule has 0 bridgehead atoms. The van der Waals surface area contributed by atoms with E-state index in [1.807, 2.05) is 0 Å². The molecule has 4 N–H and O–H groups in total. The molecule has 1 aromatic carbocycles. The molecule has 1 aromatic heterocycles. The first-order chi connectivity index (χ1) is 9.47. The van der Waals surface area contributed by atoms with Gasteiger partial charge in [-0.05, 0) is 17.7 Å². The van der Waals surface area contributed by atoms with Crippen molar-refractivity contribution in [2.24, 2.45) is 5.73 Å². The van der Waals surface area contributed by atoms with Crippen LogP contribution in [-0.4, -0.2) is 26.5 Å². The smallest absolute Gasteiger partial charge is 0.271 e. The van der Waals surface area contributed by atoms with Crippen LogP contribution in [0.4, 0.5) is 5.69 Å². The van der Waals surface area contributed by atoms with E-state index in [-0.39, 0.29) is 17.5 Å². The Morgan fingerprint density at radius 3 is 2.55 bits per heavy atom. The Balaban J connectivity index is 2.18. The van der Waals surface area contributed by atoms with Gasteiger partial charge < -0.3 is 20.7 Å². The highest BCUT2D eigenvalue weighted by atomic mass is 16.3. The number of anilines is 1. The molecule has 1 heterocycles. The summed E-state index contributed by atoms with van der Waals surface area (Å²) in [5, 5.41) is 12.1. The number of hydrogen-bond donors (Lipinski definition) is 3. The van der Waals surface area contributed by atoms with Gasteiger partial charge in [-0.15, -0.1) is 0 Å². The molecule has 0 unspecified atom stereocenters. The zero-order valence-electron chi connectivity index (χ0n) is 10.8. The van der Waals surface area contributed by atoms with Gasteiger partial charge in [-0.3, -0.25) is 9.59 Å². The number of nitrogens with one attached hydrogen (secondary N) is 1. The molecule has 7 heteroatoms. The van der Waals surface area contributed by atoms with Gasteiger partial charge in [0.25, 0.3) is 5.91 Å². The first-order valence-electron chi connectivity index (χ1n) is 5.88. The highest BCUT2D eigenvalue weighted by Crippen LogP contribution is 2.16. The zero-order chi connectivity index (χ0) is 14.7. The Kier molecular flexibility index (Phi) is 3.69. The molecule has 0 radical (unpaired) electrons. The van der Waals surface area contributed by atoms with Crippen molar-refractivity contribution in [2.75, 3.05) is 5.32 Å². The van der Waals surface area contributed by atoms with Crippen LogP contribution in [0.2, 0.25) is 0 Å².